The Hall–Kier alpha value is -1.89. The van der Waals surface area contributed by atoms with Gasteiger partial charge in [0, 0.05) is 37.6 Å². The van der Waals surface area contributed by atoms with Crippen molar-refractivity contribution in [2.75, 3.05) is 18.8 Å². The third-order valence-electron chi connectivity index (χ3n) is 3.87. The van der Waals surface area contributed by atoms with Crippen molar-refractivity contribution < 1.29 is 4.79 Å². The fourth-order valence-electron chi connectivity index (χ4n) is 2.76. The molecule has 0 saturated heterocycles. The van der Waals surface area contributed by atoms with Gasteiger partial charge in [0.2, 0.25) is 5.91 Å². The van der Waals surface area contributed by atoms with E-state index in [0.717, 1.165) is 49.0 Å². The first-order chi connectivity index (χ1) is 12.6. The van der Waals surface area contributed by atoms with Gasteiger partial charge in [-0.05, 0) is 30.9 Å². The predicted molar refractivity (Wildman–Crippen MR) is 106 cm³/mol. The highest BCUT2D eigenvalue weighted by Gasteiger charge is 2.18. The quantitative estimate of drug-likeness (QED) is 0.592. The molecular weight excluding hydrogens is 346 g/mol. The van der Waals surface area contributed by atoms with Crippen LogP contribution in [-0.4, -0.2) is 49.4 Å². The Morgan fingerprint density at radius 2 is 1.81 bits per heavy atom. The fraction of sp³-hybridized carbons (Fsp3) is 0.579. The van der Waals surface area contributed by atoms with Gasteiger partial charge in [0.15, 0.2) is 11.0 Å². The van der Waals surface area contributed by atoms with Crippen molar-refractivity contribution in [1.29, 1.82) is 0 Å². The number of hydrogen-bond donors (Lipinski definition) is 0. The Morgan fingerprint density at radius 1 is 1.15 bits per heavy atom. The van der Waals surface area contributed by atoms with E-state index in [9.17, 15) is 4.79 Å². The number of nitrogens with zero attached hydrogens (tertiary/aromatic N) is 5. The topological polar surface area (TPSA) is 63.9 Å². The minimum Gasteiger partial charge on any atom is -0.342 e. The van der Waals surface area contributed by atoms with Crippen molar-refractivity contribution in [1.82, 2.24) is 24.6 Å². The van der Waals surface area contributed by atoms with E-state index in [2.05, 4.69) is 47.4 Å². The van der Waals surface area contributed by atoms with Crippen LogP contribution in [0, 0.1) is 5.92 Å². The maximum Gasteiger partial charge on any atom is 0.233 e. The lowest BCUT2D eigenvalue weighted by Crippen LogP contribution is -2.33. The van der Waals surface area contributed by atoms with Crippen LogP contribution in [0.3, 0.4) is 0 Å². The summed E-state index contributed by atoms with van der Waals surface area (Å²) in [5.74, 6) is 1.85. The van der Waals surface area contributed by atoms with Crippen LogP contribution in [-0.2, 0) is 11.3 Å². The molecule has 142 valence electrons. The zero-order valence-corrected chi connectivity index (χ0v) is 17.0. The number of amides is 1. The highest BCUT2D eigenvalue weighted by molar-refractivity contribution is 7.99. The second kappa shape index (κ2) is 10.3. The van der Waals surface area contributed by atoms with Gasteiger partial charge in [0.1, 0.15) is 0 Å². The first-order valence-electron chi connectivity index (χ1n) is 9.30. The van der Waals surface area contributed by atoms with E-state index in [1.165, 1.54) is 11.8 Å². The van der Waals surface area contributed by atoms with E-state index in [0.29, 0.717) is 11.7 Å². The average Bonchev–Trinajstić information content (AvgIpc) is 3.02. The summed E-state index contributed by atoms with van der Waals surface area (Å²) in [6.07, 6.45) is 5.47. The number of aromatic nitrogens is 4. The van der Waals surface area contributed by atoms with Crippen LogP contribution in [0.2, 0.25) is 0 Å². The molecule has 26 heavy (non-hydrogen) atoms. The number of pyridine rings is 1. The summed E-state index contributed by atoms with van der Waals surface area (Å²) in [5, 5.41) is 9.53. The predicted octanol–water partition coefficient (Wildman–Crippen LogP) is 3.74. The van der Waals surface area contributed by atoms with Gasteiger partial charge in [-0.25, -0.2) is 0 Å². The third-order valence-corrected chi connectivity index (χ3v) is 4.82. The molecule has 2 aromatic rings. The zero-order valence-electron chi connectivity index (χ0n) is 16.2. The Morgan fingerprint density at radius 3 is 2.38 bits per heavy atom. The highest BCUT2D eigenvalue weighted by atomic mass is 32.2. The van der Waals surface area contributed by atoms with Crippen molar-refractivity contribution in [3.05, 3.63) is 24.5 Å². The van der Waals surface area contributed by atoms with Crippen LogP contribution >= 0.6 is 11.8 Å². The second-order valence-corrected chi connectivity index (χ2v) is 7.66. The van der Waals surface area contributed by atoms with E-state index in [-0.39, 0.29) is 5.91 Å². The van der Waals surface area contributed by atoms with Crippen molar-refractivity contribution >= 4 is 17.7 Å². The molecule has 0 unspecified atom stereocenters. The molecule has 2 rings (SSSR count). The molecule has 0 radical (unpaired) electrons. The molecule has 0 aliphatic carbocycles. The number of thioether (sulfide) groups is 1. The molecule has 0 N–H and O–H groups in total. The molecule has 0 aromatic carbocycles. The SMILES string of the molecule is CCCN(CCC)C(=O)CSc1nnc(-c2ccncc2)n1CC(C)C. The Balaban J connectivity index is 2.16. The van der Waals surface area contributed by atoms with Gasteiger partial charge in [-0.15, -0.1) is 10.2 Å². The van der Waals surface area contributed by atoms with Crippen LogP contribution in [0.4, 0.5) is 0 Å². The fourth-order valence-corrected chi connectivity index (χ4v) is 3.61. The molecule has 1 amide bonds. The van der Waals surface area contributed by atoms with Gasteiger partial charge < -0.3 is 9.47 Å². The zero-order chi connectivity index (χ0) is 18.9. The average molecular weight is 376 g/mol. The third kappa shape index (κ3) is 5.56. The standard InChI is InChI=1S/C19H29N5OS/c1-5-11-23(12-6-2)17(25)14-26-19-22-21-18(24(19)13-15(3)4)16-7-9-20-10-8-16/h7-10,15H,5-6,11-14H2,1-4H3. The van der Waals surface area contributed by atoms with Crippen molar-refractivity contribution in [3.8, 4) is 11.4 Å². The molecule has 0 atom stereocenters. The smallest absolute Gasteiger partial charge is 0.233 e. The Bertz CT molecular complexity index is 680. The molecule has 0 bridgehead atoms. The number of carbonyl (C=O) groups is 1. The summed E-state index contributed by atoms with van der Waals surface area (Å²) in [7, 11) is 0. The van der Waals surface area contributed by atoms with Gasteiger partial charge in [-0.2, -0.15) is 0 Å². The first kappa shape index (κ1) is 20.4. The Labute approximate surface area is 160 Å². The highest BCUT2D eigenvalue weighted by Crippen LogP contribution is 2.25. The summed E-state index contributed by atoms with van der Waals surface area (Å²) in [5.41, 5.74) is 0.991. The van der Waals surface area contributed by atoms with Crippen molar-refractivity contribution in [2.24, 2.45) is 5.92 Å². The lowest BCUT2D eigenvalue weighted by Gasteiger charge is -2.21. The number of carbonyl (C=O) groups excluding carboxylic acids is 1. The molecule has 0 fully saturated rings. The molecule has 0 saturated carbocycles. The van der Waals surface area contributed by atoms with Crippen LogP contribution in [0.5, 0.6) is 0 Å². The van der Waals surface area contributed by atoms with Crippen LogP contribution in [0.15, 0.2) is 29.7 Å². The summed E-state index contributed by atoms with van der Waals surface area (Å²) in [4.78, 5) is 18.6. The van der Waals surface area contributed by atoms with Gasteiger partial charge in [0.25, 0.3) is 0 Å². The van der Waals surface area contributed by atoms with E-state index < -0.39 is 0 Å². The molecule has 0 aliphatic heterocycles. The Kier molecular flexibility index (Phi) is 8.09. The molecule has 2 heterocycles. The van der Waals surface area contributed by atoms with Crippen LogP contribution < -0.4 is 0 Å². The summed E-state index contributed by atoms with van der Waals surface area (Å²) in [6, 6.07) is 3.87. The summed E-state index contributed by atoms with van der Waals surface area (Å²) >= 11 is 1.48. The largest absolute Gasteiger partial charge is 0.342 e. The monoisotopic (exact) mass is 375 g/mol. The summed E-state index contributed by atoms with van der Waals surface area (Å²) < 4.78 is 2.11. The molecule has 0 aliphatic rings. The van der Waals surface area contributed by atoms with Gasteiger partial charge in [-0.1, -0.05) is 39.5 Å². The normalized spacial score (nSPS) is 11.1. The second-order valence-electron chi connectivity index (χ2n) is 6.72. The van der Waals surface area contributed by atoms with Gasteiger partial charge in [0.05, 0.1) is 5.75 Å². The van der Waals surface area contributed by atoms with Gasteiger partial charge >= 0.3 is 0 Å². The van der Waals surface area contributed by atoms with E-state index in [4.69, 9.17) is 0 Å². The lowest BCUT2D eigenvalue weighted by molar-refractivity contribution is -0.128. The minimum absolute atomic E-state index is 0.170. The van der Waals surface area contributed by atoms with Gasteiger partial charge in [-0.3, -0.25) is 9.78 Å². The molecule has 0 spiro atoms. The minimum atomic E-state index is 0.170. The summed E-state index contributed by atoms with van der Waals surface area (Å²) in [6.45, 7) is 11.0. The van der Waals surface area contributed by atoms with E-state index in [1.807, 2.05) is 17.0 Å². The number of rotatable bonds is 10. The van der Waals surface area contributed by atoms with E-state index >= 15 is 0 Å². The maximum atomic E-state index is 12.5. The van der Waals surface area contributed by atoms with E-state index in [1.54, 1.807) is 12.4 Å². The van der Waals surface area contributed by atoms with Crippen LogP contribution in [0.25, 0.3) is 11.4 Å². The number of hydrogen-bond acceptors (Lipinski definition) is 5. The van der Waals surface area contributed by atoms with Crippen molar-refractivity contribution in [3.63, 3.8) is 0 Å². The maximum absolute atomic E-state index is 12.5. The van der Waals surface area contributed by atoms with Crippen molar-refractivity contribution in [2.45, 2.75) is 52.2 Å². The lowest BCUT2D eigenvalue weighted by atomic mass is 10.2. The molecule has 7 heteroatoms. The first-order valence-corrected chi connectivity index (χ1v) is 10.3. The molecule has 2 aromatic heterocycles. The van der Waals surface area contributed by atoms with Crippen LogP contribution in [0.1, 0.15) is 40.5 Å². The molecule has 6 nitrogen and oxygen atoms in total. The molecular formula is C19H29N5OS.